The second-order valence-electron chi connectivity index (χ2n) is 13.2. The molecule has 7 rings (SSSR count). The zero-order valence-corrected chi connectivity index (χ0v) is 27.1. The van der Waals surface area contributed by atoms with E-state index in [9.17, 15) is 38.6 Å². The van der Waals surface area contributed by atoms with Gasteiger partial charge in [-0.25, -0.2) is 9.29 Å². The second kappa shape index (κ2) is 12.1. The Bertz CT molecular complexity index is 1950. The molecule has 6 atom stereocenters. The Morgan fingerprint density at radius 3 is 2.45 bits per heavy atom. The summed E-state index contributed by atoms with van der Waals surface area (Å²) < 4.78 is 20.1. The summed E-state index contributed by atoms with van der Waals surface area (Å²) >= 11 is 6.06. The molecule has 2 saturated heterocycles. The number of hydrogen-bond donors (Lipinski definition) is 2. The van der Waals surface area contributed by atoms with E-state index in [1.165, 1.54) is 18.2 Å². The predicted octanol–water partition coefficient (Wildman–Crippen LogP) is 5.47. The molecule has 0 spiro atoms. The third-order valence-electron chi connectivity index (χ3n) is 10.6. The topological polar surface area (TPSA) is 142 Å². The zero-order chi connectivity index (χ0) is 34.8. The molecule has 1 saturated carbocycles. The summed E-state index contributed by atoms with van der Waals surface area (Å²) in [5, 5.41) is 20.5. The molecule has 12 heteroatoms. The van der Waals surface area contributed by atoms with E-state index in [2.05, 4.69) is 0 Å². The number of likely N-dealkylation sites (tertiary alicyclic amines) is 1. The third kappa shape index (κ3) is 5.18. The summed E-state index contributed by atoms with van der Waals surface area (Å²) in [6.07, 6.45) is 1.65. The summed E-state index contributed by atoms with van der Waals surface area (Å²) in [6, 6.07) is 17.8. The molecule has 0 radical (unpaired) electrons. The quantitative estimate of drug-likeness (QED) is 0.235. The average molecular weight is 687 g/mol. The number of rotatable bonds is 8. The molecule has 6 unspecified atom stereocenters. The number of anilines is 1. The maximum atomic E-state index is 14.6. The molecule has 3 aromatic rings. The highest BCUT2D eigenvalue weighted by Gasteiger charge is 2.67. The Hall–Kier alpha value is -5.03. The van der Waals surface area contributed by atoms with Crippen LogP contribution in [-0.4, -0.2) is 51.3 Å². The van der Waals surface area contributed by atoms with E-state index in [4.69, 9.17) is 16.3 Å². The number of carboxylic acid groups (broad SMARTS) is 1. The van der Waals surface area contributed by atoms with Gasteiger partial charge in [0.25, 0.3) is 0 Å². The number of carboxylic acids is 1. The first-order valence-electron chi connectivity index (χ1n) is 16.0. The van der Waals surface area contributed by atoms with Crippen LogP contribution in [0.15, 0.2) is 78.4 Å². The highest BCUT2D eigenvalue weighted by atomic mass is 35.5. The van der Waals surface area contributed by atoms with Crippen LogP contribution in [0.1, 0.15) is 43.2 Å². The van der Waals surface area contributed by atoms with Gasteiger partial charge in [-0.05, 0) is 55.5 Å². The summed E-state index contributed by atoms with van der Waals surface area (Å²) in [5.41, 5.74) is 0.545. The van der Waals surface area contributed by atoms with Crippen molar-refractivity contribution in [1.29, 1.82) is 0 Å². The van der Waals surface area contributed by atoms with Crippen LogP contribution >= 0.6 is 11.6 Å². The smallest absolute Gasteiger partial charge is 0.305 e. The van der Waals surface area contributed by atoms with Gasteiger partial charge in [-0.3, -0.25) is 28.9 Å². The number of phenolic OH excluding ortho intramolecular Hbond substituents is 1. The normalized spacial score (nSPS) is 27.5. The van der Waals surface area contributed by atoms with Crippen molar-refractivity contribution >= 4 is 46.9 Å². The van der Waals surface area contributed by atoms with Gasteiger partial charge in [0.2, 0.25) is 23.6 Å². The number of phenols is 1. The van der Waals surface area contributed by atoms with Crippen LogP contribution in [0.5, 0.6) is 11.5 Å². The Kier molecular flexibility index (Phi) is 8.05. The fourth-order valence-corrected chi connectivity index (χ4v) is 8.50. The number of halogens is 2. The molecule has 49 heavy (non-hydrogen) atoms. The van der Waals surface area contributed by atoms with Gasteiger partial charge in [-0.2, -0.15) is 0 Å². The van der Waals surface area contributed by atoms with Crippen LogP contribution in [0.4, 0.5) is 10.1 Å². The number of carbonyl (C=O) groups excluding carboxylic acids is 4. The van der Waals surface area contributed by atoms with Crippen LogP contribution in [-0.2, 0) is 30.6 Å². The number of carbonyl (C=O) groups is 5. The van der Waals surface area contributed by atoms with Crippen molar-refractivity contribution in [3.63, 3.8) is 0 Å². The number of benzene rings is 3. The number of allylic oxidation sites excluding steroid dienone is 2. The van der Waals surface area contributed by atoms with Crippen molar-refractivity contribution in [1.82, 2.24) is 4.90 Å². The molecule has 10 nitrogen and oxygen atoms in total. The largest absolute Gasteiger partial charge is 0.508 e. The van der Waals surface area contributed by atoms with Gasteiger partial charge in [-0.15, -0.1) is 0 Å². The van der Waals surface area contributed by atoms with E-state index in [1.54, 1.807) is 19.1 Å². The number of aliphatic carboxylic acids is 1. The molecule has 0 bridgehead atoms. The van der Waals surface area contributed by atoms with Crippen LogP contribution in [0.25, 0.3) is 0 Å². The summed E-state index contributed by atoms with van der Waals surface area (Å²) in [4.78, 5) is 69.4. The lowest BCUT2D eigenvalue weighted by atomic mass is 9.51. The molecule has 2 heterocycles. The fraction of sp³-hybridized carbons (Fsp3) is 0.324. The van der Waals surface area contributed by atoms with Crippen molar-refractivity contribution < 1.29 is 43.3 Å². The first kappa shape index (κ1) is 32.5. The van der Waals surface area contributed by atoms with E-state index in [-0.39, 0.29) is 42.5 Å². The highest BCUT2D eigenvalue weighted by molar-refractivity contribution is 6.31. The Morgan fingerprint density at radius 2 is 1.76 bits per heavy atom. The van der Waals surface area contributed by atoms with Crippen LogP contribution in [0.2, 0.25) is 5.02 Å². The Morgan fingerprint density at radius 1 is 1.00 bits per heavy atom. The lowest BCUT2D eigenvalue weighted by molar-refractivity contribution is -0.142. The van der Waals surface area contributed by atoms with E-state index in [0.29, 0.717) is 16.9 Å². The fourth-order valence-electron chi connectivity index (χ4n) is 8.32. The zero-order valence-electron chi connectivity index (χ0n) is 26.3. The van der Waals surface area contributed by atoms with Gasteiger partial charge < -0.3 is 14.9 Å². The molecule has 4 aliphatic rings. The van der Waals surface area contributed by atoms with Gasteiger partial charge in [0.1, 0.15) is 23.9 Å². The van der Waals surface area contributed by atoms with E-state index < -0.39 is 76.8 Å². The molecule has 3 fully saturated rings. The second-order valence-corrected chi connectivity index (χ2v) is 13.6. The standard InChI is InChI=1S/C37H32ClFN2O8/c1-37-26(34(46)41(36(37)48)20-7-12-28(39)27(38)15-20)17-25-22(10-11-24-31(25)35(47)40(33(24)45)14-13-30(43)44)32(37)23-9-8-21(16-29(23)42)49-18-19-5-3-2-4-6-19/h2-10,12,15-16,24-26,31-32,42H,11,13-14,17-18H2,1H3,(H,43,44). The average Bonchev–Trinajstić information content (AvgIpc) is 3.44. The molecular formula is C37H32ClFN2O8. The van der Waals surface area contributed by atoms with Crippen molar-refractivity contribution in [3.05, 3.63) is 100 Å². The molecule has 2 aliphatic heterocycles. The minimum absolute atomic E-state index is 0.0564. The van der Waals surface area contributed by atoms with E-state index >= 15 is 0 Å². The number of amides is 4. The van der Waals surface area contributed by atoms with Gasteiger partial charge in [-0.1, -0.05) is 59.6 Å². The van der Waals surface area contributed by atoms with Gasteiger partial charge in [0.15, 0.2) is 0 Å². The molecule has 2 N–H and O–H groups in total. The minimum Gasteiger partial charge on any atom is -0.508 e. The molecule has 0 aromatic heterocycles. The third-order valence-corrected chi connectivity index (χ3v) is 10.9. The summed E-state index contributed by atoms with van der Waals surface area (Å²) in [5.74, 6) is -7.95. The van der Waals surface area contributed by atoms with Crippen molar-refractivity contribution in [2.24, 2.45) is 29.1 Å². The number of nitrogens with zero attached hydrogens (tertiary/aromatic N) is 2. The molecule has 4 amide bonds. The van der Waals surface area contributed by atoms with E-state index in [0.717, 1.165) is 21.4 Å². The lowest BCUT2D eigenvalue weighted by Crippen LogP contribution is -2.48. The van der Waals surface area contributed by atoms with Crippen molar-refractivity contribution in [2.75, 3.05) is 11.4 Å². The maximum Gasteiger partial charge on any atom is 0.305 e. The minimum atomic E-state index is -1.45. The molecular weight excluding hydrogens is 655 g/mol. The van der Waals surface area contributed by atoms with Crippen molar-refractivity contribution in [2.45, 2.75) is 38.7 Å². The van der Waals surface area contributed by atoms with Crippen LogP contribution in [0.3, 0.4) is 0 Å². The summed E-state index contributed by atoms with van der Waals surface area (Å²) in [7, 11) is 0. The number of imide groups is 2. The molecule has 252 valence electrons. The number of hydrogen-bond acceptors (Lipinski definition) is 7. The molecule has 2 aliphatic carbocycles. The predicted molar refractivity (Wildman–Crippen MR) is 174 cm³/mol. The lowest BCUT2D eigenvalue weighted by Gasteiger charge is -2.49. The SMILES string of the molecule is CC12C(=O)N(c3ccc(F)c(Cl)c3)C(=O)C1CC1C(=CCC3C(=O)N(CCC(=O)O)C(=O)C31)C2c1ccc(OCc2ccccc2)cc1O. The summed E-state index contributed by atoms with van der Waals surface area (Å²) in [6.45, 7) is 1.64. The van der Waals surface area contributed by atoms with Crippen LogP contribution in [0, 0.1) is 34.9 Å². The van der Waals surface area contributed by atoms with Gasteiger partial charge in [0.05, 0.1) is 40.3 Å². The first-order chi connectivity index (χ1) is 23.4. The van der Waals surface area contributed by atoms with E-state index in [1.807, 2.05) is 36.4 Å². The monoisotopic (exact) mass is 686 g/mol. The number of fused-ring (bicyclic) bond motifs is 4. The van der Waals surface area contributed by atoms with Crippen LogP contribution < -0.4 is 9.64 Å². The maximum absolute atomic E-state index is 14.6. The highest BCUT2D eigenvalue weighted by Crippen LogP contribution is 2.64. The Balaban J connectivity index is 1.31. The number of ether oxygens (including phenoxy) is 1. The molecule has 3 aromatic carbocycles. The van der Waals surface area contributed by atoms with Crippen molar-refractivity contribution in [3.8, 4) is 11.5 Å². The first-order valence-corrected chi connectivity index (χ1v) is 16.4. The van der Waals surface area contributed by atoms with Gasteiger partial charge in [0, 0.05) is 24.1 Å². The number of aromatic hydroxyl groups is 1. The van der Waals surface area contributed by atoms with Gasteiger partial charge >= 0.3 is 5.97 Å². The Labute approximate surface area is 285 Å².